The van der Waals surface area contributed by atoms with Gasteiger partial charge < -0.3 is 23.7 Å². The number of hydrogen-bond acceptors (Lipinski definition) is 6. The van der Waals surface area contributed by atoms with E-state index in [4.69, 9.17) is 23.7 Å². The third-order valence-corrected chi connectivity index (χ3v) is 4.51. The van der Waals surface area contributed by atoms with E-state index in [2.05, 4.69) is 15.9 Å². The maximum absolute atomic E-state index is 12.7. The Balaban J connectivity index is 1.91. The van der Waals surface area contributed by atoms with Gasteiger partial charge in [-0.1, -0.05) is 0 Å². The minimum atomic E-state index is -0.0700. The summed E-state index contributed by atoms with van der Waals surface area (Å²) >= 11 is 3.42. The molecule has 0 aromatic heterocycles. The van der Waals surface area contributed by atoms with E-state index >= 15 is 0 Å². The first-order valence-corrected chi connectivity index (χ1v) is 8.28. The number of hydrogen-bond donors (Lipinski definition) is 0. The smallest absolute Gasteiger partial charge is 0.231 e. The van der Waals surface area contributed by atoms with E-state index in [1.54, 1.807) is 24.3 Å². The monoisotopic (exact) mass is 408 g/mol. The summed E-state index contributed by atoms with van der Waals surface area (Å²) < 4.78 is 27.3. The van der Waals surface area contributed by atoms with Crippen molar-refractivity contribution >= 4 is 21.7 Å². The molecule has 0 bridgehead atoms. The molecule has 3 rings (SSSR count). The van der Waals surface area contributed by atoms with Crippen molar-refractivity contribution in [2.45, 2.75) is 6.42 Å². The van der Waals surface area contributed by atoms with Crippen molar-refractivity contribution in [3.8, 4) is 28.7 Å². The van der Waals surface area contributed by atoms with Gasteiger partial charge in [0.1, 0.15) is 0 Å². The third-order valence-electron chi connectivity index (χ3n) is 3.85. The molecule has 0 unspecified atom stereocenters. The fraction of sp³-hybridized carbons (Fsp3) is 0.278. The van der Waals surface area contributed by atoms with E-state index in [1.165, 1.54) is 21.3 Å². The Hall–Kier alpha value is -2.41. The lowest BCUT2D eigenvalue weighted by Gasteiger charge is -2.14. The molecule has 0 spiro atoms. The second kappa shape index (κ2) is 7.23. The molecule has 1 aliphatic heterocycles. The zero-order valence-corrected chi connectivity index (χ0v) is 15.6. The number of Topliss-reactive ketones (excluding diaryl/α,β-unsaturated/α-hetero) is 1. The van der Waals surface area contributed by atoms with Gasteiger partial charge in [-0.2, -0.15) is 0 Å². The number of rotatable bonds is 6. The van der Waals surface area contributed by atoms with Gasteiger partial charge in [0.2, 0.25) is 12.5 Å². The molecule has 0 atom stereocenters. The highest BCUT2D eigenvalue weighted by molar-refractivity contribution is 9.10. The first-order chi connectivity index (χ1) is 12.1. The van der Waals surface area contributed by atoms with Crippen molar-refractivity contribution in [3.05, 3.63) is 39.9 Å². The van der Waals surface area contributed by atoms with Crippen LogP contribution in [0.5, 0.6) is 28.7 Å². The van der Waals surface area contributed by atoms with Crippen LogP contribution in [0.15, 0.2) is 28.7 Å². The molecule has 1 aliphatic rings. The number of halogens is 1. The van der Waals surface area contributed by atoms with Crippen LogP contribution < -0.4 is 23.7 Å². The number of fused-ring (bicyclic) bond motifs is 1. The molecular weight excluding hydrogens is 392 g/mol. The van der Waals surface area contributed by atoms with Gasteiger partial charge >= 0.3 is 0 Å². The fourth-order valence-electron chi connectivity index (χ4n) is 2.65. The van der Waals surface area contributed by atoms with Crippen LogP contribution >= 0.6 is 15.9 Å². The first kappa shape index (κ1) is 17.4. The summed E-state index contributed by atoms with van der Waals surface area (Å²) in [5.41, 5.74) is 1.28. The lowest BCUT2D eigenvalue weighted by Crippen LogP contribution is -2.06. The van der Waals surface area contributed by atoms with Crippen LogP contribution in [-0.4, -0.2) is 33.9 Å². The van der Waals surface area contributed by atoms with Crippen LogP contribution in [0.3, 0.4) is 0 Å². The summed E-state index contributed by atoms with van der Waals surface area (Å²) in [7, 11) is 4.61. The highest BCUT2D eigenvalue weighted by atomic mass is 79.9. The fourth-order valence-corrected chi connectivity index (χ4v) is 3.19. The number of ketones is 1. The lowest BCUT2D eigenvalue weighted by molar-refractivity contribution is 0.0991. The van der Waals surface area contributed by atoms with Gasteiger partial charge in [0.15, 0.2) is 28.8 Å². The van der Waals surface area contributed by atoms with Crippen LogP contribution in [-0.2, 0) is 6.42 Å². The van der Waals surface area contributed by atoms with Crippen molar-refractivity contribution in [2.24, 2.45) is 0 Å². The zero-order chi connectivity index (χ0) is 18.0. The molecule has 2 aromatic carbocycles. The molecule has 0 radical (unpaired) electrons. The first-order valence-electron chi connectivity index (χ1n) is 7.48. The van der Waals surface area contributed by atoms with Crippen LogP contribution in [0.25, 0.3) is 0 Å². The predicted octanol–water partition coefficient (Wildman–Crippen LogP) is 3.63. The number of ether oxygens (including phenoxy) is 5. The Kier molecular flexibility index (Phi) is 5.03. The molecule has 0 saturated heterocycles. The summed E-state index contributed by atoms with van der Waals surface area (Å²) in [5, 5.41) is 0. The second-order valence-corrected chi connectivity index (χ2v) is 6.17. The van der Waals surface area contributed by atoms with Crippen molar-refractivity contribution in [1.29, 1.82) is 0 Å². The molecule has 0 aliphatic carbocycles. The maximum Gasteiger partial charge on any atom is 0.231 e. The predicted molar refractivity (Wildman–Crippen MR) is 94.4 cm³/mol. The largest absolute Gasteiger partial charge is 0.493 e. The summed E-state index contributed by atoms with van der Waals surface area (Å²) in [6.07, 6.45) is 0.176. The van der Waals surface area contributed by atoms with Crippen LogP contribution in [0.1, 0.15) is 15.9 Å². The van der Waals surface area contributed by atoms with E-state index in [1.807, 2.05) is 0 Å². The minimum absolute atomic E-state index is 0.0700. The van der Waals surface area contributed by atoms with Crippen LogP contribution in [0, 0.1) is 0 Å². The van der Waals surface area contributed by atoms with Gasteiger partial charge in [0.05, 0.1) is 21.3 Å². The Morgan fingerprint density at radius 3 is 2.16 bits per heavy atom. The van der Waals surface area contributed by atoms with Gasteiger partial charge in [-0.3, -0.25) is 4.79 Å². The van der Waals surface area contributed by atoms with E-state index in [9.17, 15) is 4.79 Å². The molecule has 0 fully saturated rings. The molecule has 25 heavy (non-hydrogen) atoms. The Bertz CT molecular complexity index is 792. The molecule has 2 aromatic rings. The Morgan fingerprint density at radius 2 is 1.60 bits per heavy atom. The highest BCUT2D eigenvalue weighted by Gasteiger charge is 2.21. The average Bonchev–Trinajstić information content (AvgIpc) is 3.07. The zero-order valence-electron chi connectivity index (χ0n) is 14.1. The minimum Gasteiger partial charge on any atom is -0.493 e. The van der Waals surface area contributed by atoms with Crippen LogP contribution in [0.2, 0.25) is 0 Å². The van der Waals surface area contributed by atoms with Gasteiger partial charge in [-0.15, -0.1) is 0 Å². The van der Waals surface area contributed by atoms with Crippen LogP contribution in [0.4, 0.5) is 0 Å². The quantitative estimate of drug-likeness (QED) is 0.680. The Morgan fingerprint density at radius 1 is 1.00 bits per heavy atom. The van der Waals surface area contributed by atoms with Crippen molar-refractivity contribution in [2.75, 3.05) is 28.1 Å². The molecule has 7 heteroatoms. The number of carbonyl (C=O) groups excluding carboxylic acids is 1. The average molecular weight is 409 g/mol. The molecule has 1 heterocycles. The molecule has 0 N–H and O–H groups in total. The third kappa shape index (κ3) is 3.37. The van der Waals surface area contributed by atoms with Gasteiger partial charge in [-0.05, 0) is 45.8 Å². The van der Waals surface area contributed by atoms with E-state index in [0.717, 1.165) is 5.56 Å². The van der Waals surface area contributed by atoms with E-state index < -0.39 is 0 Å². The lowest BCUT2D eigenvalue weighted by atomic mass is 10.0. The number of methoxy groups -OCH3 is 3. The number of benzene rings is 2. The standard InChI is InChI=1S/C18H17BrO6/c1-21-16-5-10(6-17(22-2)18(16)23-3)4-13(20)11-7-14-15(8-12(11)19)25-9-24-14/h5-8H,4,9H2,1-3H3. The van der Waals surface area contributed by atoms with E-state index in [0.29, 0.717) is 38.8 Å². The molecule has 132 valence electrons. The maximum atomic E-state index is 12.7. The summed E-state index contributed by atoms with van der Waals surface area (Å²) in [5.74, 6) is 2.63. The van der Waals surface area contributed by atoms with Crippen molar-refractivity contribution < 1.29 is 28.5 Å². The SMILES string of the molecule is COc1cc(CC(=O)c2cc3c(cc2Br)OCO3)cc(OC)c1OC. The van der Waals surface area contributed by atoms with Gasteiger partial charge in [0, 0.05) is 16.5 Å². The van der Waals surface area contributed by atoms with Gasteiger partial charge in [0.25, 0.3) is 0 Å². The van der Waals surface area contributed by atoms with Crippen molar-refractivity contribution in [3.63, 3.8) is 0 Å². The molecule has 0 saturated carbocycles. The molecule has 6 nitrogen and oxygen atoms in total. The molecular formula is C18H17BrO6. The Labute approximate surface area is 153 Å². The van der Waals surface area contributed by atoms with Gasteiger partial charge in [-0.25, -0.2) is 0 Å². The summed E-state index contributed by atoms with van der Waals surface area (Å²) in [4.78, 5) is 12.7. The summed E-state index contributed by atoms with van der Waals surface area (Å²) in [6.45, 7) is 0.159. The van der Waals surface area contributed by atoms with E-state index in [-0.39, 0.29) is 19.0 Å². The number of carbonyl (C=O) groups is 1. The topological polar surface area (TPSA) is 63.2 Å². The normalized spacial score (nSPS) is 12.0. The second-order valence-electron chi connectivity index (χ2n) is 5.32. The van der Waals surface area contributed by atoms with Crippen molar-refractivity contribution in [1.82, 2.24) is 0 Å². The highest BCUT2D eigenvalue weighted by Crippen LogP contribution is 2.40. The molecule has 0 amide bonds. The summed E-state index contributed by atoms with van der Waals surface area (Å²) in [6, 6.07) is 6.96.